The molecule has 2 aromatic heterocycles. The van der Waals surface area contributed by atoms with Gasteiger partial charge in [0.1, 0.15) is 17.1 Å². The van der Waals surface area contributed by atoms with Crippen LogP contribution >= 0.6 is 0 Å². The maximum Gasteiger partial charge on any atom is 0.225 e. The van der Waals surface area contributed by atoms with Crippen molar-refractivity contribution in [2.75, 3.05) is 24.3 Å². The summed E-state index contributed by atoms with van der Waals surface area (Å²) in [6.07, 6.45) is 4.31. The summed E-state index contributed by atoms with van der Waals surface area (Å²) in [5, 5.41) is 19.3. The summed E-state index contributed by atoms with van der Waals surface area (Å²) in [5.74, 6) is 1.87. The predicted octanol–water partition coefficient (Wildman–Crippen LogP) is 4.46. The van der Waals surface area contributed by atoms with Gasteiger partial charge in [-0.15, -0.1) is 0 Å². The SMILES string of the molecule is CN(C)c1nc(N[C@H]2CC[C@@H](NCc3ccc4cccc(O)c4n3)CC2)nc2ccccc12. The van der Waals surface area contributed by atoms with Crippen molar-refractivity contribution in [1.29, 1.82) is 0 Å². The van der Waals surface area contributed by atoms with Crippen LogP contribution in [0.3, 0.4) is 0 Å². The number of fused-ring (bicyclic) bond motifs is 2. The van der Waals surface area contributed by atoms with Crippen LogP contribution in [0, 0.1) is 0 Å². The summed E-state index contributed by atoms with van der Waals surface area (Å²) < 4.78 is 0. The molecule has 0 unspecified atom stereocenters. The Balaban J connectivity index is 1.18. The zero-order chi connectivity index (χ0) is 22.8. The van der Waals surface area contributed by atoms with Crippen LogP contribution in [0.5, 0.6) is 5.75 Å². The number of phenolic OH excluding ortho intramolecular Hbond substituents is 1. The van der Waals surface area contributed by atoms with Gasteiger partial charge in [0.25, 0.3) is 0 Å². The number of rotatable bonds is 6. The van der Waals surface area contributed by atoms with E-state index in [1.165, 1.54) is 0 Å². The van der Waals surface area contributed by atoms with Gasteiger partial charge in [0.05, 0.1) is 11.2 Å². The van der Waals surface area contributed by atoms with Gasteiger partial charge in [-0.1, -0.05) is 30.3 Å². The third kappa shape index (κ3) is 4.68. The highest BCUT2D eigenvalue weighted by atomic mass is 16.3. The lowest BCUT2D eigenvalue weighted by molar-refractivity contribution is 0.351. The lowest BCUT2D eigenvalue weighted by Gasteiger charge is -2.30. The highest BCUT2D eigenvalue weighted by Crippen LogP contribution is 2.27. The van der Waals surface area contributed by atoms with Crippen LogP contribution in [-0.4, -0.2) is 46.2 Å². The van der Waals surface area contributed by atoms with Crippen molar-refractivity contribution in [1.82, 2.24) is 20.3 Å². The molecule has 4 aromatic rings. The predicted molar refractivity (Wildman–Crippen MR) is 134 cm³/mol. The minimum absolute atomic E-state index is 0.231. The molecule has 1 aliphatic carbocycles. The van der Waals surface area contributed by atoms with E-state index in [0.717, 1.165) is 53.5 Å². The molecule has 0 saturated heterocycles. The molecule has 0 atom stereocenters. The van der Waals surface area contributed by atoms with Gasteiger partial charge >= 0.3 is 0 Å². The average Bonchev–Trinajstić information content (AvgIpc) is 2.83. The fourth-order valence-corrected chi connectivity index (χ4v) is 4.61. The molecule has 0 spiro atoms. The van der Waals surface area contributed by atoms with Crippen molar-refractivity contribution < 1.29 is 5.11 Å². The number of anilines is 2. The summed E-state index contributed by atoms with van der Waals surface area (Å²) >= 11 is 0. The van der Waals surface area contributed by atoms with Crippen LogP contribution < -0.4 is 15.5 Å². The van der Waals surface area contributed by atoms with Crippen molar-refractivity contribution in [3.63, 3.8) is 0 Å². The lowest BCUT2D eigenvalue weighted by Crippen LogP contribution is -2.37. The van der Waals surface area contributed by atoms with Crippen LogP contribution in [0.15, 0.2) is 54.6 Å². The number of pyridine rings is 1. The molecule has 7 heteroatoms. The third-order valence-corrected chi connectivity index (χ3v) is 6.40. The lowest BCUT2D eigenvalue weighted by atomic mass is 9.91. The summed E-state index contributed by atoms with van der Waals surface area (Å²) in [6.45, 7) is 0.701. The maximum atomic E-state index is 10.1. The van der Waals surface area contributed by atoms with Crippen molar-refractivity contribution in [3.05, 3.63) is 60.3 Å². The van der Waals surface area contributed by atoms with Gasteiger partial charge in [-0.05, 0) is 49.9 Å². The Morgan fingerprint density at radius 2 is 1.67 bits per heavy atom. The number of hydrogen-bond acceptors (Lipinski definition) is 7. The summed E-state index contributed by atoms with van der Waals surface area (Å²) in [7, 11) is 4.03. The van der Waals surface area contributed by atoms with Gasteiger partial charge in [-0.2, -0.15) is 4.98 Å². The molecule has 2 heterocycles. The standard InChI is InChI=1S/C26H30N6O/c1-32(2)25-21-7-3-4-8-22(21)30-26(31-25)29-19-14-12-18(13-15-19)27-16-20-11-10-17-6-5-9-23(33)24(17)28-20/h3-11,18-19,27,33H,12-16H2,1-2H3,(H,29,30,31)/t18-,19+. The molecule has 170 valence electrons. The highest BCUT2D eigenvalue weighted by Gasteiger charge is 2.22. The number of nitrogens with zero attached hydrogens (tertiary/aromatic N) is 4. The van der Waals surface area contributed by atoms with Gasteiger partial charge in [-0.25, -0.2) is 9.97 Å². The molecular weight excluding hydrogens is 412 g/mol. The third-order valence-electron chi connectivity index (χ3n) is 6.40. The molecule has 0 radical (unpaired) electrons. The topological polar surface area (TPSA) is 86.2 Å². The van der Waals surface area contributed by atoms with E-state index in [2.05, 4.69) is 21.7 Å². The Morgan fingerprint density at radius 3 is 2.48 bits per heavy atom. The Labute approximate surface area is 193 Å². The summed E-state index contributed by atoms with van der Waals surface area (Å²) in [6, 6.07) is 18.5. The van der Waals surface area contributed by atoms with Crippen LogP contribution in [0.4, 0.5) is 11.8 Å². The molecule has 0 bridgehead atoms. The Morgan fingerprint density at radius 1 is 0.879 bits per heavy atom. The van der Waals surface area contributed by atoms with Gasteiger partial charge in [0.15, 0.2) is 0 Å². The van der Waals surface area contributed by atoms with Gasteiger partial charge < -0.3 is 20.6 Å². The number of hydrogen-bond donors (Lipinski definition) is 3. The maximum absolute atomic E-state index is 10.1. The Kier molecular flexibility index (Phi) is 5.96. The first kappa shape index (κ1) is 21.4. The van der Waals surface area contributed by atoms with Crippen molar-refractivity contribution >= 4 is 33.6 Å². The summed E-state index contributed by atoms with van der Waals surface area (Å²) in [4.78, 5) is 16.2. The highest BCUT2D eigenvalue weighted by molar-refractivity contribution is 5.90. The number of benzene rings is 2. The van der Waals surface area contributed by atoms with E-state index in [9.17, 15) is 5.11 Å². The molecule has 1 fully saturated rings. The zero-order valence-electron chi connectivity index (χ0n) is 19.1. The molecule has 7 nitrogen and oxygen atoms in total. The van der Waals surface area contributed by atoms with Gasteiger partial charge in [-0.3, -0.25) is 0 Å². The minimum Gasteiger partial charge on any atom is -0.506 e. The second-order valence-corrected chi connectivity index (χ2v) is 9.01. The molecule has 1 aliphatic rings. The largest absolute Gasteiger partial charge is 0.506 e. The number of nitrogens with one attached hydrogen (secondary N) is 2. The van der Waals surface area contributed by atoms with E-state index in [4.69, 9.17) is 9.97 Å². The fourth-order valence-electron chi connectivity index (χ4n) is 4.61. The zero-order valence-corrected chi connectivity index (χ0v) is 19.1. The normalized spacial score (nSPS) is 18.5. The average molecular weight is 443 g/mol. The van der Waals surface area contributed by atoms with E-state index in [1.54, 1.807) is 6.07 Å². The molecule has 0 amide bonds. The van der Waals surface area contributed by atoms with Crippen LogP contribution in [-0.2, 0) is 6.54 Å². The number of para-hydroxylation sites is 2. The minimum atomic E-state index is 0.231. The number of aromatic nitrogens is 3. The van der Waals surface area contributed by atoms with E-state index in [1.807, 2.05) is 61.5 Å². The molecule has 3 N–H and O–H groups in total. The first-order valence-corrected chi connectivity index (χ1v) is 11.6. The second-order valence-electron chi connectivity index (χ2n) is 9.01. The molecule has 33 heavy (non-hydrogen) atoms. The van der Waals surface area contributed by atoms with E-state index in [0.29, 0.717) is 30.1 Å². The molecular formula is C26H30N6O. The Hall–Kier alpha value is -3.45. The molecule has 0 aliphatic heterocycles. The monoisotopic (exact) mass is 442 g/mol. The van der Waals surface area contributed by atoms with Crippen molar-refractivity contribution in [3.8, 4) is 5.75 Å². The van der Waals surface area contributed by atoms with E-state index < -0.39 is 0 Å². The molecule has 5 rings (SSSR count). The van der Waals surface area contributed by atoms with Crippen LogP contribution in [0.25, 0.3) is 21.8 Å². The van der Waals surface area contributed by atoms with Crippen LogP contribution in [0.1, 0.15) is 31.4 Å². The van der Waals surface area contributed by atoms with Crippen LogP contribution in [0.2, 0.25) is 0 Å². The van der Waals surface area contributed by atoms with E-state index >= 15 is 0 Å². The summed E-state index contributed by atoms with van der Waals surface area (Å²) in [5.41, 5.74) is 2.57. The van der Waals surface area contributed by atoms with Gasteiger partial charge in [0, 0.05) is 43.5 Å². The first-order chi connectivity index (χ1) is 16.1. The quantitative estimate of drug-likeness (QED) is 0.406. The Bertz CT molecular complexity index is 1270. The molecule has 1 saturated carbocycles. The number of phenols is 1. The second kappa shape index (κ2) is 9.19. The number of aromatic hydroxyl groups is 1. The first-order valence-electron chi connectivity index (χ1n) is 11.6. The molecule has 2 aromatic carbocycles. The van der Waals surface area contributed by atoms with Crippen molar-refractivity contribution in [2.24, 2.45) is 0 Å². The van der Waals surface area contributed by atoms with E-state index in [-0.39, 0.29) is 5.75 Å². The van der Waals surface area contributed by atoms with Crippen molar-refractivity contribution in [2.45, 2.75) is 44.3 Å². The smallest absolute Gasteiger partial charge is 0.225 e. The fraction of sp³-hybridized carbons (Fsp3) is 0.346. The van der Waals surface area contributed by atoms with Gasteiger partial charge in [0.2, 0.25) is 5.95 Å².